The molecule has 8 heteroatoms. The SMILES string of the molecule is Cc1ccc(C(c2cccc(F)c2)N2C[C@H](C)N(c3cc(=O)n(C)c4ccc(C#N)nc34)C[C@H]2C)cn1. The highest BCUT2D eigenvalue weighted by atomic mass is 19.1. The molecule has 3 atom stereocenters. The molecule has 5 rings (SSSR count). The van der Waals surface area contributed by atoms with Gasteiger partial charge in [0, 0.05) is 50.2 Å². The summed E-state index contributed by atoms with van der Waals surface area (Å²) in [5.74, 6) is -0.270. The third-order valence-corrected chi connectivity index (χ3v) is 7.27. The second-order valence-electron chi connectivity index (χ2n) is 9.84. The molecule has 1 aromatic carbocycles. The fourth-order valence-electron chi connectivity index (χ4n) is 5.33. The monoisotopic (exact) mass is 496 g/mol. The Labute approximate surface area is 215 Å². The van der Waals surface area contributed by atoms with Crippen LogP contribution in [0.25, 0.3) is 11.0 Å². The number of benzene rings is 1. The second-order valence-corrected chi connectivity index (χ2v) is 9.84. The number of hydrogen-bond acceptors (Lipinski definition) is 6. The third kappa shape index (κ3) is 4.58. The Balaban J connectivity index is 1.56. The van der Waals surface area contributed by atoms with E-state index in [0.717, 1.165) is 22.5 Å². The average molecular weight is 497 g/mol. The van der Waals surface area contributed by atoms with Crippen molar-refractivity contribution in [2.45, 2.75) is 38.9 Å². The van der Waals surface area contributed by atoms with Crippen molar-refractivity contribution in [1.29, 1.82) is 5.26 Å². The first-order valence-electron chi connectivity index (χ1n) is 12.4. The molecule has 0 amide bonds. The van der Waals surface area contributed by atoms with Crippen molar-refractivity contribution in [2.24, 2.45) is 7.05 Å². The van der Waals surface area contributed by atoms with E-state index in [1.165, 1.54) is 6.07 Å². The van der Waals surface area contributed by atoms with E-state index in [1.807, 2.05) is 25.3 Å². The van der Waals surface area contributed by atoms with Gasteiger partial charge in [-0.3, -0.25) is 14.7 Å². The van der Waals surface area contributed by atoms with E-state index < -0.39 is 0 Å². The van der Waals surface area contributed by atoms with Gasteiger partial charge in [0.15, 0.2) is 0 Å². The molecule has 1 unspecified atom stereocenters. The summed E-state index contributed by atoms with van der Waals surface area (Å²) in [5.41, 5.74) is 5.04. The number of aromatic nitrogens is 3. The van der Waals surface area contributed by atoms with Crippen molar-refractivity contribution in [3.8, 4) is 6.07 Å². The molecule has 37 heavy (non-hydrogen) atoms. The normalized spacial score (nSPS) is 19.1. The summed E-state index contributed by atoms with van der Waals surface area (Å²) in [4.78, 5) is 26.5. The molecule has 1 fully saturated rings. The van der Waals surface area contributed by atoms with Gasteiger partial charge in [-0.15, -0.1) is 0 Å². The van der Waals surface area contributed by atoms with Crippen LogP contribution in [0.5, 0.6) is 0 Å². The zero-order valence-corrected chi connectivity index (χ0v) is 21.4. The molecule has 3 aromatic heterocycles. The van der Waals surface area contributed by atoms with Crippen molar-refractivity contribution in [3.05, 3.63) is 99.5 Å². The minimum Gasteiger partial charge on any atom is -0.364 e. The van der Waals surface area contributed by atoms with Crippen LogP contribution in [0.4, 0.5) is 10.1 Å². The van der Waals surface area contributed by atoms with Crippen molar-refractivity contribution in [2.75, 3.05) is 18.0 Å². The molecule has 1 saturated heterocycles. The highest BCUT2D eigenvalue weighted by molar-refractivity contribution is 5.89. The molecule has 0 bridgehead atoms. The van der Waals surface area contributed by atoms with Crippen molar-refractivity contribution < 1.29 is 4.39 Å². The Morgan fingerprint density at radius 1 is 1.05 bits per heavy atom. The van der Waals surface area contributed by atoms with Crippen LogP contribution >= 0.6 is 0 Å². The summed E-state index contributed by atoms with van der Waals surface area (Å²) >= 11 is 0. The van der Waals surface area contributed by atoms with Gasteiger partial charge in [-0.25, -0.2) is 9.37 Å². The van der Waals surface area contributed by atoms with Gasteiger partial charge < -0.3 is 9.47 Å². The van der Waals surface area contributed by atoms with E-state index in [2.05, 4.69) is 45.8 Å². The number of anilines is 1. The lowest BCUT2D eigenvalue weighted by Gasteiger charge is -2.48. The molecular weight excluding hydrogens is 467 g/mol. The van der Waals surface area contributed by atoms with Gasteiger partial charge in [-0.1, -0.05) is 18.2 Å². The first-order chi connectivity index (χ1) is 17.8. The predicted molar refractivity (Wildman–Crippen MR) is 142 cm³/mol. The molecule has 0 aliphatic carbocycles. The maximum absolute atomic E-state index is 14.3. The van der Waals surface area contributed by atoms with Gasteiger partial charge >= 0.3 is 0 Å². The molecule has 188 valence electrons. The summed E-state index contributed by atoms with van der Waals surface area (Å²) in [6, 6.07) is 17.8. The summed E-state index contributed by atoms with van der Waals surface area (Å²) < 4.78 is 15.9. The zero-order chi connectivity index (χ0) is 26.3. The molecule has 0 saturated carbocycles. The smallest absolute Gasteiger partial charge is 0.252 e. The Kier molecular flexibility index (Phi) is 6.48. The Morgan fingerprint density at radius 2 is 1.86 bits per heavy atom. The fraction of sp³-hybridized carbons (Fsp3) is 0.310. The van der Waals surface area contributed by atoms with Gasteiger partial charge in [0.2, 0.25) is 0 Å². The quantitative estimate of drug-likeness (QED) is 0.418. The van der Waals surface area contributed by atoms with Crippen LogP contribution < -0.4 is 10.5 Å². The Hall–Kier alpha value is -4.09. The maximum atomic E-state index is 14.3. The third-order valence-electron chi connectivity index (χ3n) is 7.27. The lowest BCUT2D eigenvalue weighted by Crippen LogP contribution is -2.57. The number of halogens is 1. The van der Waals surface area contributed by atoms with Gasteiger partial charge in [0.25, 0.3) is 5.56 Å². The number of piperazine rings is 1. The second kappa shape index (κ2) is 9.75. The van der Waals surface area contributed by atoms with Crippen LogP contribution in [-0.2, 0) is 7.05 Å². The topological polar surface area (TPSA) is 78.0 Å². The summed E-state index contributed by atoms with van der Waals surface area (Å²) in [5, 5.41) is 9.43. The van der Waals surface area contributed by atoms with Crippen molar-refractivity contribution in [1.82, 2.24) is 19.4 Å². The number of aryl methyl sites for hydroxylation is 2. The van der Waals surface area contributed by atoms with Crippen LogP contribution in [0.1, 0.15) is 42.4 Å². The number of hydrogen-bond donors (Lipinski definition) is 0. The van der Waals surface area contributed by atoms with E-state index >= 15 is 0 Å². The number of rotatable bonds is 4. The molecule has 1 aliphatic rings. The summed E-state index contributed by atoms with van der Waals surface area (Å²) in [7, 11) is 1.71. The first-order valence-corrected chi connectivity index (χ1v) is 12.4. The maximum Gasteiger partial charge on any atom is 0.252 e. The van der Waals surface area contributed by atoms with Gasteiger partial charge in [0.05, 0.1) is 17.2 Å². The largest absolute Gasteiger partial charge is 0.364 e. The molecule has 0 radical (unpaired) electrons. The minimum absolute atomic E-state index is 0.0218. The molecule has 0 spiro atoms. The van der Waals surface area contributed by atoms with Crippen LogP contribution in [0.15, 0.2) is 65.6 Å². The lowest BCUT2D eigenvalue weighted by molar-refractivity contribution is 0.129. The van der Waals surface area contributed by atoms with Crippen LogP contribution in [0.3, 0.4) is 0 Å². The highest BCUT2D eigenvalue weighted by Gasteiger charge is 2.36. The van der Waals surface area contributed by atoms with Crippen molar-refractivity contribution >= 4 is 16.7 Å². The molecule has 4 aromatic rings. The van der Waals surface area contributed by atoms with E-state index in [0.29, 0.717) is 29.8 Å². The molecule has 4 heterocycles. The van der Waals surface area contributed by atoms with Crippen LogP contribution in [0, 0.1) is 24.1 Å². The van der Waals surface area contributed by atoms with E-state index in [4.69, 9.17) is 0 Å². The standard InChI is InChI=1S/C29H29FN6O/c1-18-8-9-22(15-32-18)29(21-6-5-7-23(30)12-21)36-17-19(2)35(16-20(36)3)26-13-27(37)34(4)25-11-10-24(14-31)33-28(25)26/h5-13,15,19-20,29H,16-17H2,1-4H3/t19-,20+,29?/m0/s1. The number of fused-ring (bicyclic) bond motifs is 1. The minimum atomic E-state index is -0.270. The summed E-state index contributed by atoms with van der Waals surface area (Å²) in [6.07, 6.45) is 1.87. The Bertz CT molecular complexity index is 1560. The van der Waals surface area contributed by atoms with E-state index in [1.54, 1.807) is 41.9 Å². The fourth-order valence-corrected chi connectivity index (χ4v) is 5.33. The molecular formula is C29H29FN6O. The van der Waals surface area contributed by atoms with Gasteiger partial charge in [-0.05, 0) is 62.2 Å². The van der Waals surface area contributed by atoms with Gasteiger partial charge in [0.1, 0.15) is 23.1 Å². The lowest BCUT2D eigenvalue weighted by atomic mass is 9.94. The van der Waals surface area contributed by atoms with Crippen LogP contribution in [0.2, 0.25) is 0 Å². The van der Waals surface area contributed by atoms with Crippen molar-refractivity contribution in [3.63, 3.8) is 0 Å². The predicted octanol–water partition coefficient (Wildman–Crippen LogP) is 4.34. The zero-order valence-electron chi connectivity index (χ0n) is 21.4. The summed E-state index contributed by atoms with van der Waals surface area (Å²) in [6.45, 7) is 7.51. The number of nitrogens with zero attached hydrogens (tertiary/aromatic N) is 6. The number of pyridine rings is 3. The van der Waals surface area contributed by atoms with E-state index in [-0.39, 0.29) is 29.5 Å². The molecule has 7 nitrogen and oxygen atoms in total. The van der Waals surface area contributed by atoms with Gasteiger partial charge in [-0.2, -0.15) is 5.26 Å². The first kappa shape index (κ1) is 24.6. The highest BCUT2D eigenvalue weighted by Crippen LogP contribution is 2.36. The Morgan fingerprint density at radius 3 is 2.57 bits per heavy atom. The molecule has 0 N–H and O–H groups in total. The molecule has 1 aliphatic heterocycles. The van der Waals surface area contributed by atoms with E-state index in [9.17, 15) is 14.4 Å². The van der Waals surface area contributed by atoms with Crippen LogP contribution in [-0.4, -0.2) is 44.6 Å². The number of nitriles is 1. The average Bonchev–Trinajstić information content (AvgIpc) is 2.89.